The number of hydrogen-bond acceptors (Lipinski definition) is 7. The molecule has 2 aliphatic heterocycles. The van der Waals surface area contributed by atoms with E-state index in [0.717, 1.165) is 63.9 Å². The van der Waals surface area contributed by atoms with Gasteiger partial charge in [0.05, 0.1) is 13.2 Å². The van der Waals surface area contributed by atoms with Gasteiger partial charge in [-0.25, -0.2) is 9.97 Å². The number of aromatic nitrogens is 2. The summed E-state index contributed by atoms with van der Waals surface area (Å²) in [5.41, 5.74) is 0. The lowest BCUT2D eigenvalue weighted by Crippen LogP contribution is -2.54. The second kappa shape index (κ2) is 8.64. The maximum absolute atomic E-state index is 12.0. The largest absolute Gasteiger partial charge is 0.383 e. The van der Waals surface area contributed by atoms with Crippen LogP contribution in [0.4, 0.5) is 11.6 Å². The Kier molecular flexibility index (Phi) is 6.26. The predicted molar refractivity (Wildman–Crippen MR) is 102 cm³/mol. The molecule has 1 aromatic heterocycles. The zero-order valence-electron chi connectivity index (χ0n) is 16.1. The smallest absolute Gasteiger partial charge is 0.241 e. The quantitative estimate of drug-likeness (QED) is 0.721. The van der Waals surface area contributed by atoms with Crippen LogP contribution in [-0.4, -0.2) is 98.3 Å². The Morgan fingerprint density at radius 2 is 1.88 bits per heavy atom. The van der Waals surface area contributed by atoms with Crippen LogP contribution in [-0.2, 0) is 9.53 Å². The van der Waals surface area contributed by atoms with Gasteiger partial charge in [0.2, 0.25) is 5.91 Å². The third-order valence-corrected chi connectivity index (χ3v) is 5.40. The van der Waals surface area contributed by atoms with Gasteiger partial charge >= 0.3 is 0 Å². The topological polar surface area (TPSA) is 65.0 Å². The normalized spacial score (nSPS) is 22.2. The first-order valence-corrected chi connectivity index (χ1v) is 9.41. The van der Waals surface area contributed by atoms with Gasteiger partial charge in [-0.3, -0.25) is 9.69 Å². The van der Waals surface area contributed by atoms with E-state index in [4.69, 9.17) is 4.74 Å². The van der Waals surface area contributed by atoms with Crippen molar-refractivity contribution in [3.8, 4) is 0 Å². The molecule has 0 N–H and O–H groups in total. The molecule has 3 heterocycles. The number of likely N-dealkylation sites (N-methyl/N-ethyl adjacent to an activating group) is 1. The SMILES string of the molecule is CCC1CN(c2cc(N3CCN(C)C(=O)C3)ncn2)CCN1CCOC. The van der Waals surface area contributed by atoms with Crippen molar-refractivity contribution in [2.75, 3.05) is 76.4 Å². The van der Waals surface area contributed by atoms with E-state index in [2.05, 4.69) is 26.7 Å². The summed E-state index contributed by atoms with van der Waals surface area (Å²) in [6.45, 7) is 8.80. The number of carbonyl (C=O) groups is 1. The Bertz CT molecular complexity index is 613. The molecule has 2 fully saturated rings. The highest BCUT2D eigenvalue weighted by molar-refractivity contribution is 5.82. The first-order valence-electron chi connectivity index (χ1n) is 9.41. The zero-order valence-corrected chi connectivity index (χ0v) is 16.1. The van der Waals surface area contributed by atoms with E-state index in [-0.39, 0.29) is 5.91 Å². The maximum Gasteiger partial charge on any atom is 0.241 e. The Labute approximate surface area is 155 Å². The van der Waals surface area contributed by atoms with Gasteiger partial charge in [0.15, 0.2) is 0 Å². The summed E-state index contributed by atoms with van der Waals surface area (Å²) in [6, 6.07) is 2.53. The fourth-order valence-electron chi connectivity index (χ4n) is 3.63. The van der Waals surface area contributed by atoms with Crippen molar-refractivity contribution >= 4 is 17.5 Å². The Morgan fingerprint density at radius 1 is 1.15 bits per heavy atom. The van der Waals surface area contributed by atoms with Crippen LogP contribution in [0.2, 0.25) is 0 Å². The molecule has 8 heteroatoms. The molecule has 1 amide bonds. The fraction of sp³-hybridized carbons (Fsp3) is 0.722. The van der Waals surface area contributed by atoms with Gasteiger partial charge in [-0.05, 0) is 6.42 Å². The molecule has 0 bridgehead atoms. The average Bonchev–Trinajstić information content (AvgIpc) is 2.68. The number of amides is 1. The van der Waals surface area contributed by atoms with Crippen molar-refractivity contribution in [3.63, 3.8) is 0 Å². The minimum atomic E-state index is 0.134. The molecule has 144 valence electrons. The van der Waals surface area contributed by atoms with Crippen LogP contribution in [0.3, 0.4) is 0 Å². The molecule has 0 aromatic carbocycles. The predicted octanol–water partition coefficient (Wildman–Crippen LogP) is 0.302. The molecule has 1 aromatic rings. The van der Waals surface area contributed by atoms with Crippen LogP contribution >= 0.6 is 0 Å². The van der Waals surface area contributed by atoms with E-state index in [0.29, 0.717) is 12.6 Å². The molecule has 1 atom stereocenters. The molecular weight excluding hydrogens is 332 g/mol. The van der Waals surface area contributed by atoms with Crippen LogP contribution in [0.25, 0.3) is 0 Å². The van der Waals surface area contributed by atoms with Crippen molar-refractivity contribution in [2.45, 2.75) is 19.4 Å². The van der Waals surface area contributed by atoms with Crippen molar-refractivity contribution in [2.24, 2.45) is 0 Å². The highest BCUT2D eigenvalue weighted by Crippen LogP contribution is 2.22. The standard InChI is InChI=1S/C18H30N6O2/c1-4-15-12-23(8-7-22(15)9-10-26-3)16-11-17(20-14-19-16)24-6-5-21(2)18(25)13-24/h11,14-15H,4-10,12-13H2,1-3H3. The van der Waals surface area contributed by atoms with Crippen molar-refractivity contribution in [1.82, 2.24) is 19.8 Å². The number of ether oxygens (including phenoxy) is 1. The van der Waals surface area contributed by atoms with E-state index in [1.54, 1.807) is 18.3 Å². The third-order valence-electron chi connectivity index (χ3n) is 5.40. The summed E-state index contributed by atoms with van der Waals surface area (Å²) >= 11 is 0. The van der Waals surface area contributed by atoms with E-state index in [9.17, 15) is 4.79 Å². The number of methoxy groups -OCH3 is 1. The minimum Gasteiger partial charge on any atom is -0.383 e. The second-order valence-corrected chi connectivity index (χ2v) is 7.01. The van der Waals surface area contributed by atoms with Crippen LogP contribution < -0.4 is 9.80 Å². The lowest BCUT2D eigenvalue weighted by atomic mass is 10.1. The number of carbonyl (C=O) groups excluding carboxylic acids is 1. The zero-order chi connectivity index (χ0) is 18.5. The third kappa shape index (κ3) is 4.24. The molecule has 0 saturated carbocycles. The molecule has 8 nitrogen and oxygen atoms in total. The van der Waals surface area contributed by atoms with Gasteiger partial charge in [0.25, 0.3) is 0 Å². The maximum atomic E-state index is 12.0. The molecule has 3 rings (SSSR count). The lowest BCUT2D eigenvalue weighted by molar-refractivity contribution is -0.129. The highest BCUT2D eigenvalue weighted by Gasteiger charge is 2.27. The van der Waals surface area contributed by atoms with Gasteiger partial charge in [0, 0.05) is 65.5 Å². The van der Waals surface area contributed by atoms with Crippen LogP contribution in [0, 0.1) is 0 Å². The second-order valence-electron chi connectivity index (χ2n) is 7.01. The monoisotopic (exact) mass is 362 g/mol. The summed E-state index contributed by atoms with van der Waals surface area (Å²) in [4.78, 5) is 29.5. The van der Waals surface area contributed by atoms with Crippen molar-refractivity contribution < 1.29 is 9.53 Å². The first-order chi connectivity index (χ1) is 12.6. The number of piperazine rings is 2. The summed E-state index contributed by atoms with van der Waals surface area (Å²) in [7, 11) is 3.60. The number of anilines is 2. The molecule has 26 heavy (non-hydrogen) atoms. The van der Waals surface area contributed by atoms with Gasteiger partial charge in [0.1, 0.15) is 18.0 Å². The van der Waals surface area contributed by atoms with Crippen molar-refractivity contribution in [3.05, 3.63) is 12.4 Å². The molecular formula is C18H30N6O2. The van der Waals surface area contributed by atoms with Gasteiger partial charge in [-0.1, -0.05) is 6.92 Å². The Morgan fingerprint density at radius 3 is 2.58 bits per heavy atom. The lowest BCUT2D eigenvalue weighted by Gasteiger charge is -2.41. The number of rotatable bonds is 6. The Hall–Kier alpha value is -1.93. The van der Waals surface area contributed by atoms with Gasteiger partial charge in [-0.2, -0.15) is 0 Å². The van der Waals surface area contributed by atoms with Crippen LogP contribution in [0.1, 0.15) is 13.3 Å². The summed E-state index contributed by atoms with van der Waals surface area (Å²) in [5, 5.41) is 0. The number of nitrogens with zero attached hydrogens (tertiary/aromatic N) is 6. The summed E-state index contributed by atoms with van der Waals surface area (Å²) in [6.07, 6.45) is 2.72. The molecule has 2 aliphatic rings. The molecule has 1 unspecified atom stereocenters. The first kappa shape index (κ1) is 18.8. The van der Waals surface area contributed by atoms with E-state index in [1.807, 2.05) is 18.0 Å². The minimum absolute atomic E-state index is 0.134. The molecule has 2 saturated heterocycles. The van der Waals surface area contributed by atoms with E-state index in [1.165, 1.54) is 0 Å². The van der Waals surface area contributed by atoms with Gasteiger partial charge in [-0.15, -0.1) is 0 Å². The fourth-order valence-corrected chi connectivity index (χ4v) is 3.63. The summed E-state index contributed by atoms with van der Waals surface area (Å²) in [5.74, 6) is 1.92. The van der Waals surface area contributed by atoms with Crippen LogP contribution in [0.15, 0.2) is 12.4 Å². The molecule has 0 radical (unpaired) electrons. The van der Waals surface area contributed by atoms with Crippen LogP contribution in [0.5, 0.6) is 0 Å². The van der Waals surface area contributed by atoms with Gasteiger partial charge < -0.3 is 19.4 Å². The molecule has 0 aliphatic carbocycles. The summed E-state index contributed by atoms with van der Waals surface area (Å²) < 4.78 is 5.24. The molecule has 0 spiro atoms. The van der Waals surface area contributed by atoms with E-state index < -0.39 is 0 Å². The average molecular weight is 362 g/mol. The Balaban J connectivity index is 1.67. The number of hydrogen-bond donors (Lipinski definition) is 0. The van der Waals surface area contributed by atoms with Crippen molar-refractivity contribution in [1.29, 1.82) is 0 Å². The van der Waals surface area contributed by atoms with E-state index >= 15 is 0 Å². The highest BCUT2D eigenvalue weighted by atomic mass is 16.5.